The number of rotatable bonds is 4. The predicted molar refractivity (Wildman–Crippen MR) is 108 cm³/mol. The average Bonchev–Trinajstić information content (AvgIpc) is 3.19. The van der Waals surface area contributed by atoms with Crippen molar-refractivity contribution >= 4 is 45.8 Å². The van der Waals surface area contributed by atoms with Gasteiger partial charge in [0.25, 0.3) is 0 Å². The Balaban J connectivity index is 1.69. The van der Waals surface area contributed by atoms with Crippen LogP contribution in [0.15, 0.2) is 51.3 Å². The van der Waals surface area contributed by atoms with Crippen LogP contribution in [0.3, 0.4) is 0 Å². The minimum atomic E-state index is 0.00949. The first-order valence-electron chi connectivity index (χ1n) is 8.36. The van der Waals surface area contributed by atoms with Gasteiger partial charge in [0, 0.05) is 27.5 Å². The lowest BCUT2D eigenvalue weighted by atomic mass is 10.1. The number of nitrogens with two attached hydrogens (primary N) is 2. The highest BCUT2D eigenvalue weighted by Gasteiger charge is 2.10. The van der Waals surface area contributed by atoms with Gasteiger partial charge < -0.3 is 20.3 Å². The summed E-state index contributed by atoms with van der Waals surface area (Å²) >= 11 is 0. The Hall–Kier alpha value is -3.80. The number of aryl methyl sites for hydroxylation is 1. The van der Waals surface area contributed by atoms with Crippen LogP contribution in [-0.2, 0) is 0 Å². The minimum absolute atomic E-state index is 0.00949. The summed E-state index contributed by atoms with van der Waals surface area (Å²) in [7, 11) is 0. The van der Waals surface area contributed by atoms with Crippen molar-refractivity contribution < 1.29 is 8.83 Å². The van der Waals surface area contributed by atoms with Gasteiger partial charge in [-0.05, 0) is 49.4 Å². The van der Waals surface area contributed by atoms with Crippen molar-refractivity contribution in [3.8, 4) is 0 Å². The van der Waals surface area contributed by atoms with Crippen LogP contribution in [0.5, 0.6) is 0 Å². The van der Waals surface area contributed by atoms with Gasteiger partial charge in [0.05, 0.1) is 0 Å². The van der Waals surface area contributed by atoms with Gasteiger partial charge in [0.1, 0.15) is 34.4 Å². The van der Waals surface area contributed by atoms with Gasteiger partial charge in [0.2, 0.25) is 0 Å². The van der Waals surface area contributed by atoms with Crippen molar-refractivity contribution in [2.45, 2.75) is 6.92 Å². The molecule has 0 amide bonds. The molecule has 0 bridgehead atoms. The van der Waals surface area contributed by atoms with E-state index >= 15 is 0 Å². The van der Waals surface area contributed by atoms with Crippen molar-refractivity contribution in [1.29, 1.82) is 10.8 Å². The number of hydrogen-bond donors (Lipinski definition) is 4. The molecule has 6 N–H and O–H groups in total. The van der Waals surface area contributed by atoms with E-state index < -0.39 is 0 Å². The molecule has 0 aliphatic carbocycles. The molecule has 6 heteroatoms. The average molecular weight is 358 g/mol. The van der Waals surface area contributed by atoms with E-state index in [0.717, 1.165) is 27.7 Å². The largest absolute Gasteiger partial charge is 0.457 e. The quantitative estimate of drug-likeness (QED) is 0.322. The van der Waals surface area contributed by atoms with E-state index in [1.54, 1.807) is 18.2 Å². The molecule has 2 aromatic carbocycles. The molecule has 0 unspecified atom stereocenters. The van der Waals surface area contributed by atoms with Crippen molar-refractivity contribution in [3.05, 3.63) is 70.7 Å². The molecule has 4 aromatic rings. The standard InChI is InChI=1S/C21H18N4O2/c1-11-16-5-2-13(21(24)25)10-19(16)27-17(11)7-4-15-9-14-8-12(20(22)23)3-6-18(14)26-15/h2-10H,1H3,(H3,22,23)(H3,24,25)/b7-4+. The predicted octanol–water partition coefficient (Wildman–Crippen LogP) is 4.23. The molecular formula is C21H18N4O2. The van der Waals surface area contributed by atoms with Crippen LogP contribution in [0, 0.1) is 17.7 Å². The summed E-state index contributed by atoms with van der Waals surface area (Å²) in [5.41, 5.74) is 14.8. The van der Waals surface area contributed by atoms with E-state index in [-0.39, 0.29) is 11.7 Å². The number of nitrogens with one attached hydrogen (secondary N) is 2. The molecule has 0 radical (unpaired) electrons. The fraction of sp³-hybridized carbons (Fsp3) is 0.0476. The molecule has 0 saturated heterocycles. The topological polar surface area (TPSA) is 126 Å². The Kier molecular flexibility index (Phi) is 3.81. The number of hydrogen-bond acceptors (Lipinski definition) is 4. The summed E-state index contributed by atoms with van der Waals surface area (Å²) in [5.74, 6) is 1.43. The molecular weight excluding hydrogens is 340 g/mol. The third-order valence-corrected chi connectivity index (χ3v) is 4.53. The van der Waals surface area contributed by atoms with E-state index in [9.17, 15) is 0 Å². The first-order valence-corrected chi connectivity index (χ1v) is 8.36. The normalized spacial score (nSPS) is 11.6. The molecule has 0 fully saturated rings. The van der Waals surface area contributed by atoms with Gasteiger partial charge in [-0.15, -0.1) is 0 Å². The van der Waals surface area contributed by atoms with Gasteiger partial charge in [-0.1, -0.05) is 12.1 Å². The lowest BCUT2D eigenvalue weighted by Gasteiger charge is -1.96. The molecule has 27 heavy (non-hydrogen) atoms. The summed E-state index contributed by atoms with van der Waals surface area (Å²) in [4.78, 5) is 0. The number of benzene rings is 2. The molecule has 0 spiro atoms. The number of nitrogen functional groups attached to an aromatic ring is 2. The molecule has 0 aliphatic rings. The maximum atomic E-state index is 7.55. The van der Waals surface area contributed by atoms with E-state index in [1.165, 1.54) is 0 Å². The van der Waals surface area contributed by atoms with Gasteiger partial charge in [-0.3, -0.25) is 10.8 Å². The van der Waals surface area contributed by atoms with Crippen LogP contribution in [0.1, 0.15) is 28.2 Å². The Morgan fingerprint density at radius 3 is 2.30 bits per heavy atom. The van der Waals surface area contributed by atoms with Crippen molar-refractivity contribution in [3.63, 3.8) is 0 Å². The second-order valence-corrected chi connectivity index (χ2v) is 6.36. The van der Waals surface area contributed by atoms with Gasteiger partial charge in [0.15, 0.2) is 0 Å². The molecule has 2 aromatic heterocycles. The second kappa shape index (κ2) is 6.17. The molecule has 0 aliphatic heterocycles. The smallest absolute Gasteiger partial charge is 0.135 e. The third kappa shape index (κ3) is 2.97. The molecule has 2 heterocycles. The summed E-state index contributed by atoms with van der Waals surface area (Å²) < 4.78 is 11.7. The zero-order valence-corrected chi connectivity index (χ0v) is 14.7. The highest BCUT2D eigenvalue weighted by Crippen LogP contribution is 2.28. The fourth-order valence-corrected chi connectivity index (χ4v) is 3.04. The van der Waals surface area contributed by atoms with Gasteiger partial charge >= 0.3 is 0 Å². The van der Waals surface area contributed by atoms with Crippen LogP contribution >= 0.6 is 0 Å². The molecule has 4 rings (SSSR count). The summed E-state index contributed by atoms with van der Waals surface area (Å²) in [5, 5.41) is 16.9. The molecule has 134 valence electrons. The van der Waals surface area contributed by atoms with Crippen molar-refractivity contribution in [1.82, 2.24) is 0 Å². The van der Waals surface area contributed by atoms with Gasteiger partial charge in [-0.25, -0.2) is 0 Å². The lowest BCUT2D eigenvalue weighted by Crippen LogP contribution is -2.10. The Labute approximate surface area is 155 Å². The zero-order chi connectivity index (χ0) is 19.1. The van der Waals surface area contributed by atoms with Crippen LogP contribution < -0.4 is 11.5 Å². The summed E-state index contributed by atoms with van der Waals surface area (Å²) in [6.45, 7) is 1.98. The Morgan fingerprint density at radius 2 is 1.56 bits per heavy atom. The molecule has 0 atom stereocenters. The maximum Gasteiger partial charge on any atom is 0.135 e. The van der Waals surface area contributed by atoms with E-state index in [1.807, 2.05) is 43.3 Å². The fourth-order valence-electron chi connectivity index (χ4n) is 3.04. The van der Waals surface area contributed by atoms with Crippen LogP contribution in [0.4, 0.5) is 0 Å². The van der Waals surface area contributed by atoms with Crippen LogP contribution in [0.25, 0.3) is 34.1 Å². The van der Waals surface area contributed by atoms with Crippen LogP contribution in [-0.4, -0.2) is 11.7 Å². The Bertz CT molecular complexity index is 1240. The Morgan fingerprint density at radius 1 is 0.852 bits per heavy atom. The minimum Gasteiger partial charge on any atom is -0.457 e. The molecule has 6 nitrogen and oxygen atoms in total. The monoisotopic (exact) mass is 358 g/mol. The first-order chi connectivity index (χ1) is 12.9. The number of furan rings is 2. The van der Waals surface area contributed by atoms with E-state index in [2.05, 4.69) is 0 Å². The highest BCUT2D eigenvalue weighted by atomic mass is 16.3. The van der Waals surface area contributed by atoms with Gasteiger partial charge in [-0.2, -0.15) is 0 Å². The summed E-state index contributed by atoms with van der Waals surface area (Å²) in [6.07, 6.45) is 3.69. The first kappa shape index (κ1) is 16.7. The van der Waals surface area contributed by atoms with E-state index in [0.29, 0.717) is 22.5 Å². The molecule has 0 saturated carbocycles. The number of fused-ring (bicyclic) bond motifs is 2. The zero-order valence-electron chi connectivity index (χ0n) is 14.7. The van der Waals surface area contributed by atoms with Crippen LogP contribution in [0.2, 0.25) is 0 Å². The maximum absolute atomic E-state index is 7.55. The summed E-state index contributed by atoms with van der Waals surface area (Å²) in [6, 6.07) is 12.8. The lowest BCUT2D eigenvalue weighted by molar-refractivity contribution is 0.597. The third-order valence-electron chi connectivity index (χ3n) is 4.53. The van der Waals surface area contributed by atoms with Crippen molar-refractivity contribution in [2.24, 2.45) is 11.5 Å². The second-order valence-electron chi connectivity index (χ2n) is 6.36. The van der Waals surface area contributed by atoms with E-state index in [4.69, 9.17) is 31.1 Å². The van der Waals surface area contributed by atoms with Crippen molar-refractivity contribution in [2.75, 3.05) is 0 Å². The highest BCUT2D eigenvalue weighted by molar-refractivity contribution is 6.00. The number of amidine groups is 2. The SMILES string of the molecule is Cc1c(/C=C/c2cc3cc(C(=N)N)ccc3o2)oc2cc(C(=N)N)ccc12.